The van der Waals surface area contributed by atoms with Gasteiger partial charge in [-0.25, -0.2) is 0 Å². The lowest BCUT2D eigenvalue weighted by molar-refractivity contribution is -0.121. The summed E-state index contributed by atoms with van der Waals surface area (Å²) in [4.78, 5) is 11.9. The van der Waals surface area contributed by atoms with Gasteiger partial charge in [-0.1, -0.05) is 31.9 Å². The fourth-order valence-electron chi connectivity index (χ4n) is 2.35. The molecule has 1 N–H and O–H groups in total. The summed E-state index contributed by atoms with van der Waals surface area (Å²) >= 11 is 0. The molecular weight excluding hydrogens is 266 g/mol. The molecule has 0 fully saturated rings. The molecule has 0 saturated heterocycles. The first-order valence-electron chi connectivity index (χ1n) is 7.51. The van der Waals surface area contributed by atoms with Crippen LogP contribution in [0.3, 0.4) is 0 Å². The summed E-state index contributed by atoms with van der Waals surface area (Å²) in [5, 5.41) is 3.96. The smallest absolute Gasteiger partial charge is 0.220 e. The lowest BCUT2D eigenvalue weighted by atomic mass is 10.1. The molecule has 0 spiro atoms. The first-order chi connectivity index (χ1) is 10.2. The first-order valence-corrected chi connectivity index (χ1v) is 7.51. The van der Waals surface area contributed by atoms with Crippen LogP contribution < -0.4 is 10.1 Å². The van der Waals surface area contributed by atoms with Crippen molar-refractivity contribution in [2.45, 2.75) is 45.6 Å². The average Bonchev–Trinajstić information content (AvgIpc) is 2.91. The van der Waals surface area contributed by atoms with Crippen LogP contribution in [0.25, 0.3) is 11.0 Å². The Bertz CT molecular complexity index is 603. The minimum atomic E-state index is -0.142. The van der Waals surface area contributed by atoms with Crippen LogP contribution in [0.5, 0.6) is 5.75 Å². The second-order valence-corrected chi connectivity index (χ2v) is 5.27. The predicted octanol–water partition coefficient (Wildman–Crippen LogP) is 4.20. The third-order valence-electron chi connectivity index (χ3n) is 3.56. The summed E-state index contributed by atoms with van der Waals surface area (Å²) in [5.74, 6) is 1.53. The molecule has 4 heteroatoms. The maximum absolute atomic E-state index is 11.9. The molecule has 0 bridgehead atoms. The van der Waals surface area contributed by atoms with E-state index in [9.17, 15) is 4.79 Å². The summed E-state index contributed by atoms with van der Waals surface area (Å²) in [6, 6.07) is 7.57. The Morgan fingerprint density at radius 3 is 2.90 bits per heavy atom. The zero-order valence-corrected chi connectivity index (χ0v) is 12.9. The third kappa shape index (κ3) is 3.78. The molecule has 21 heavy (non-hydrogen) atoms. The number of ether oxygens (including phenoxy) is 1. The normalized spacial score (nSPS) is 12.3. The van der Waals surface area contributed by atoms with Crippen molar-refractivity contribution in [2.75, 3.05) is 7.11 Å². The SMILES string of the molecule is CCCCCC(=O)N[C@H](C)c1cc2cccc(OC)c2o1. The Morgan fingerprint density at radius 1 is 1.38 bits per heavy atom. The number of methoxy groups -OCH3 is 1. The number of para-hydroxylation sites is 1. The number of carbonyl (C=O) groups is 1. The minimum absolute atomic E-state index is 0.0726. The molecule has 114 valence electrons. The average molecular weight is 289 g/mol. The van der Waals surface area contributed by atoms with Gasteiger partial charge in [0.15, 0.2) is 11.3 Å². The van der Waals surface area contributed by atoms with Crippen LogP contribution in [0, 0.1) is 0 Å². The Hall–Kier alpha value is -1.97. The highest BCUT2D eigenvalue weighted by Crippen LogP contribution is 2.30. The molecule has 0 unspecified atom stereocenters. The predicted molar refractivity (Wildman–Crippen MR) is 83.5 cm³/mol. The van der Waals surface area contributed by atoms with Gasteiger partial charge in [-0.15, -0.1) is 0 Å². The van der Waals surface area contributed by atoms with Crippen molar-refractivity contribution < 1.29 is 13.9 Å². The molecule has 4 nitrogen and oxygen atoms in total. The van der Waals surface area contributed by atoms with Crippen molar-refractivity contribution in [3.8, 4) is 5.75 Å². The zero-order chi connectivity index (χ0) is 15.2. The van der Waals surface area contributed by atoms with Gasteiger partial charge < -0.3 is 14.5 Å². The summed E-state index contributed by atoms with van der Waals surface area (Å²) in [6.45, 7) is 4.06. The lowest BCUT2D eigenvalue weighted by Gasteiger charge is -2.11. The summed E-state index contributed by atoms with van der Waals surface area (Å²) < 4.78 is 11.1. The number of nitrogens with one attached hydrogen (secondary N) is 1. The molecule has 1 heterocycles. The van der Waals surface area contributed by atoms with Crippen molar-refractivity contribution in [1.82, 2.24) is 5.32 Å². The second kappa shape index (κ2) is 7.16. The lowest BCUT2D eigenvalue weighted by Crippen LogP contribution is -2.25. The molecule has 0 aliphatic heterocycles. The van der Waals surface area contributed by atoms with E-state index in [0.29, 0.717) is 12.2 Å². The molecule has 0 aliphatic rings. The molecule has 0 radical (unpaired) electrons. The van der Waals surface area contributed by atoms with Crippen LogP contribution in [0.1, 0.15) is 51.3 Å². The molecule has 1 aromatic heterocycles. The Balaban J connectivity index is 2.05. The first kappa shape index (κ1) is 15.4. The number of hydrogen-bond donors (Lipinski definition) is 1. The van der Waals surface area contributed by atoms with E-state index < -0.39 is 0 Å². The molecule has 0 saturated carbocycles. The van der Waals surface area contributed by atoms with E-state index >= 15 is 0 Å². The van der Waals surface area contributed by atoms with Crippen LogP contribution in [-0.2, 0) is 4.79 Å². The maximum atomic E-state index is 11.9. The molecule has 2 rings (SSSR count). The highest BCUT2D eigenvalue weighted by atomic mass is 16.5. The minimum Gasteiger partial charge on any atom is -0.493 e. The standard InChI is InChI=1S/C17H23NO3/c1-4-5-6-10-16(19)18-12(2)15-11-13-8-7-9-14(20-3)17(13)21-15/h7-9,11-12H,4-6,10H2,1-3H3,(H,18,19)/t12-/m1/s1. The van der Waals surface area contributed by atoms with Crippen molar-refractivity contribution in [2.24, 2.45) is 0 Å². The van der Waals surface area contributed by atoms with Crippen LogP contribution in [-0.4, -0.2) is 13.0 Å². The molecule has 1 aromatic carbocycles. The van der Waals surface area contributed by atoms with Gasteiger partial charge in [0, 0.05) is 11.8 Å². The summed E-state index contributed by atoms with van der Waals surface area (Å²) in [5.41, 5.74) is 0.724. The van der Waals surface area contributed by atoms with Crippen LogP contribution in [0.2, 0.25) is 0 Å². The van der Waals surface area contributed by atoms with Crippen LogP contribution in [0.15, 0.2) is 28.7 Å². The van der Waals surface area contributed by atoms with E-state index in [1.807, 2.05) is 31.2 Å². The monoisotopic (exact) mass is 289 g/mol. The largest absolute Gasteiger partial charge is 0.493 e. The molecule has 2 aromatic rings. The molecule has 1 amide bonds. The quantitative estimate of drug-likeness (QED) is 0.777. The van der Waals surface area contributed by atoms with Crippen molar-refractivity contribution in [3.05, 3.63) is 30.0 Å². The van der Waals surface area contributed by atoms with Gasteiger partial charge in [-0.05, 0) is 25.5 Å². The third-order valence-corrected chi connectivity index (χ3v) is 3.56. The number of hydrogen-bond acceptors (Lipinski definition) is 3. The Morgan fingerprint density at radius 2 is 2.19 bits per heavy atom. The van der Waals surface area contributed by atoms with Crippen LogP contribution in [0.4, 0.5) is 0 Å². The van der Waals surface area contributed by atoms with E-state index in [2.05, 4.69) is 12.2 Å². The highest BCUT2D eigenvalue weighted by Gasteiger charge is 2.15. The van der Waals surface area contributed by atoms with Crippen molar-refractivity contribution in [3.63, 3.8) is 0 Å². The van der Waals surface area contributed by atoms with Gasteiger partial charge in [0.2, 0.25) is 5.91 Å². The molecule has 0 aliphatic carbocycles. The number of rotatable bonds is 7. The van der Waals surface area contributed by atoms with Crippen molar-refractivity contribution >= 4 is 16.9 Å². The number of carbonyl (C=O) groups excluding carboxylic acids is 1. The fourth-order valence-corrected chi connectivity index (χ4v) is 2.35. The van der Waals surface area contributed by atoms with Gasteiger partial charge in [0.25, 0.3) is 0 Å². The fraction of sp³-hybridized carbons (Fsp3) is 0.471. The summed E-state index contributed by atoms with van der Waals surface area (Å²) in [6.07, 6.45) is 3.71. The Kier molecular flexibility index (Phi) is 5.26. The van der Waals surface area contributed by atoms with Gasteiger partial charge >= 0.3 is 0 Å². The zero-order valence-electron chi connectivity index (χ0n) is 12.9. The topological polar surface area (TPSA) is 51.5 Å². The van der Waals surface area contributed by atoms with Gasteiger partial charge in [0.1, 0.15) is 5.76 Å². The van der Waals surface area contributed by atoms with E-state index in [-0.39, 0.29) is 11.9 Å². The Labute approximate surface area is 125 Å². The van der Waals surface area contributed by atoms with E-state index in [1.165, 1.54) is 0 Å². The maximum Gasteiger partial charge on any atom is 0.220 e. The number of amides is 1. The van der Waals surface area contributed by atoms with Crippen LogP contribution >= 0.6 is 0 Å². The van der Waals surface area contributed by atoms with E-state index in [4.69, 9.17) is 9.15 Å². The number of benzene rings is 1. The molecular formula is C17H23NO3. The number of unbranched alkanes of at least 4 members (excludes halogenated alkanes) is 2. The summed E-state index contributed by atoms with van der Waals surface area (Å²) in [7, 11) is 1.62. The number of furan rings is 1. The van der Waals surface area contributed by atoms with E-state index in [0.717, 1.165) is 36.0 Å². The second-order valence-electron chi connectivity index (χ2n) is 5.27. The van der Waals surface area contributed by atoms with Gasteiger partial charge in [-0.2, -0.15) is 0 Å². The number of fused-ring (bicyclic) bond motifs is 1. The highest BCUT2D eigenvalue weighted by molar-refractivity contribution is 5.84. The van der Waals surface area contributed by atoms with Gasteiger partial charge in [-0.3, -0.25) is 4.79 Å². The molecule has 1 atom stereocenters. The van der Waals surface area contributed by atoms with Crippen molar-refractivity contribution in [1.29, 1.82) is 0 Å². The van der Waals surface area contributed by atoms with Gasteiger partial charge in [0.05, 0.1) is 13.2 Å². The van der Waals surface area contributed by atoms with E-state index in [1.54, 1.807) is 7.11 Å².